The first-order chi connectivity index (χ1) is 8.43. The van der Waals surface area contributed by atoms with Gasteiger partial charge < -0.3 is 16.0 Å². The van der Waals surface area contributed by atoms with E-state index in [1.165, 1.54) is 17.3 Å². The van der Waals surface area contributed by atoms with E-state index in [9.17, 15) is 9.59 Å². The first-order valence-electron chi connectivity index (χ1n) is 5.60. The summed E-state index contributed by atoms with van der Waals surface area (Å²) in [5.41, 5.74) is 4.71. The van der Waals surface area contributed by atoms with Crippen molar-refractivity contribution in [2.75, 3.05) is 18.8 Å². The Morgan fingerprint density at radius 2 is 2.17 bits per heavy atom. The van der Waals surface area contributed by atoms with Gasteiger partial charge in [0, 0.05) is 13.1 Å². The SMILES string of the molecule is CC1(C)C(=O)NCCN1C(=O)c1cnc(N)cn1. The Morgan fingerprint density at radius 1 is 1.44 bits per heavy atom. The van der Waals surface area contributed by atoms with Crippen LogP contribution in [0.4, 0.5) is 5.82 Å². The molecule has 1 aliphatic heterocycles. The molecule has 3 N–H and O–H groups in total. The standard InChI is InChI=1S/C11H15N5O2/c1-11(2)10(18)13-3-4-16(11)9(17)7-5-15-8(12)6-14-7/h5-6H,3-4H2,1-2H3,(H2,12,15)(H,13,18). The second-order valence-electron chi connectivity index (χ2n) is 4.60. The highest BCUT2D eigenvalue weighted by Gasteiger charge is 2.41. The van der Waals surface area contributed by atoms with E-state index < -0.39 is 5.54 Å². The first-order valence-corrected chi connectivity index (χ1v) is 5.60. The van der Waals surface area contributed by atoms with Gasteiger partial charge in [-0.15, -0.1) is 0 Å². The Hall–Kier alpha value is -2.18. The third-order valence-corrected chi connectivity index (χ3v) is 2.99. The van der Waals surface area contributed by atoms with Crippen LogP contribution in [0.2, 0.25) is 0 Å². The molecule has 0 aliphatic carbocycles. The summed E-state index contributed by atoms with van der Waals surface area (Å²) in [6.07, 6.45) is 2.64. The molecule has 1 aliphatic rings. The number of hydrogen-bond donors (Lipinski definition) is 2. The van der Waals surface area contributed by atoms with Crippen molar-refractivity contribution in [2.45, 2.75) is 19.4 Å². The zero-order valence-corrected chi connectivity index (χ0v) is 10.3. The van der Waals surface area contributed by atoms with Crippen molar-refractivity contribution in [1.29, 1.82) is 0 Å². The number of carbonyl (C=O) groups excluding carboxylic acids is 2. The molecule has 1 aromatic rings. The summed E-state index contributed by atoms with van der Waals surface area (Å²) in [6.45, 7) is 4.29. The molecule has 0 bridgehead atoms. The van der Waals surface area contributed by atoms with Gasteiger partial charge in [0.1, 0.15) is 17.1 Å². The van der Waals surface area contributed by atoms with Gasteiger partial charge in [-0.1, -0.05) is 0 Å². The normalized spacial score (nSPS) is 18.3. The van der Waals surface area contributed by atoms with Gasteiger partial charge in [-0.25, -0.2) is 9.97 Å². The summed E-state index contributed by atoms with van der Waals surface area (Å²) in [6, 6.07) is 0. The molecule has 7 heteroatoms. The van der Waals surface area contributed by atoms with Crippen LogP contribution in [0.5, 0.6) is 0 Å². The van der Waals surface area contributed by atoms with E-state index in [0.717, 1.165) is 0 Å². The zero-order valence-electron chi connectivity index (χ0n) is 10.3. The van der Waals surface area contributed by atoms with E-state index in [0.29, 0.717) is 13.1 Å². The molecule has 0 saturated carbocycles. The maximum atomic E-state index is 12.3. The smallest absolute Gasteiger partial charge is 0.274 e. The molecule has 0 unspecified atom stereocenters. The molecular formula is C11H15N5O2. The Balaban J connectivity index is 2.28. The fourth-order valence-corrected chi connectivity index (χ4v) is 1.84. The summed E-state index contributed by atoms with van der Waals surface area (Å²) < 4.78 is 0. The minimum absolute atomic E-state index is 0.175. The average Bonchev–Trinajstić information content (AvgIpc) is 2.33. The van der Waals surface area contributed by atoms with E-state index in [-0.39, 0.29) is 23.3 Å². The van der Waals surface area contributed by atoms with Crippen LogP contribution in [0.3, 0.4) is 0 Å². The highest BCUT2D eigenvalue weighted by atomic mass is 16.2. The molecular weight excluding hydrogens is 234 g/mol. The monoisotopic (exact) mass is 249 g/mol. The number of carbonyl (C=O) groups is 2. The van der Waals surface area contributed by atoms with Crippen LogP contribution in [0, 0.1) is 0 Å². The molecule has 18 heavy (non-hydrogen) atoms. The fraction of sp³-hybridized carbons (Fsp3) is 0.455. The van der Waals surface area contributed by atoms with Crippen molar-refractivity contribution < 1.29 is 9.59 Å². The minimum Gasteiger partial charge on any atom is -0.382 e. The van der Waals surface area contributed by atoms with Crippen LogP contribution in [0.15, 0.2) is 12.4 Å². The summed E-state index contributed by atoms with van der Waals surface area (Å²) in [7, 11) is 0. The molecule has 1 saturated heterocycles. The fourth-order valence-electron chi connectivity index (χ4n) is 1.84. The first kappa shape index (κ1) is 12.3. The largest absolute Gasteiger partial charge is 0.382 e. The average molecular weight is 249 g/mol. The number of amides is 2. The Kier molecular flexibility index (Phi) is 2.90. The number of anilines is 1. The lowest BCUT2D eigenvalue weighted by Gasteiger charge is -2.40. The third-order valence-electron chi connectivity index (χ3n) is 2.99. The second-order valence-corrected chi connectivity index (χ2v) is 4.60. The van der Waals surface area contributed by atoms with Gasteiger partial charge in [0.2, 0.25) is 5.91 Å². The van der Waals surface area contributed by atoms with Crippen LogP contribution >= 0.6 is 0 Å². The van der Waals surface area contributed by atoms with E-state index in [4.69, 9.17) is 5.73 Å². The van der Waals surface area contributed by atoms with Crippen molar-refractivity contribution in [2.24, 2.45) is 0 Å². The summed E-state index contributed by atoms with van der Waals surface area (Å²) in [5.74, 6) is -0.241. The highest BCUT2D eigenvalue weighted by Crippen LogP contribution is 2.19. The van der Waals surface area contributed by atoms with E-state index in [1.807, 2.05) is 0 Å². The quantitative estimate of drug-likeness (QED) is 0.692. The van der Waals surface area contributed by atoms with Crippen molar-refractivity contribution in [1.82, 2.24) is 20.2 Å². The maximum absolute atomic E-state index is 12.3. The predicted octanol–water partition coefficient (Wildman–Crippen LogP) is -0.591. The van der Waals surface area contributed by atoms with E-state index >= 15 is 0 Å². The minimum atomic E-state index is -0.890. The van der Waals surface area contributed by atoms with Gasteiger partial charge in [-0.3, -0.25) is 9.59 Å². The molecule has 0 aromatic carbocycles. The van der Waals surface area contributed by atoms with Crippen molar-refractivity contribution in [3.05, 3.63) is 18.1 Å². The Labute approximate surface area is 104 Å². The summed E-state index contributed by atoms with van der Waals surface area (Å²) >= 11 is 0. The molecule has 1 fully saturated rings. The number of nitrogens with zero attached hydrogens (tertiary/aromatic N) is 3. The number of rotatable bonds is 1. The summed E-state index contributed by atoms with van der Waals surface area (Å²) in [5, 5.41) is 2.73. The van der Waals surface area contributed by atoms with E-state index in [1.54, 1.807) is 13.8 Å². The van der Waals surface area contributed by atoms with Crippen molar-refractivity contribution in [3.8, 4) is 0 Å². The maximum Gasteiger partial charge on any atom is 0.274 e. The molecule has 0 atom stereocenters. The highest BCUT2D eigenvalue weighted by molar-refractivity contribution is 5.98. The molecule has 2 rings (SSSR count). The van der Waals surface area contributed by atoms with Crippen LogP contribution in [-0.4, -0.2) is 45.3 Å². The van der Waals surface area contributed by atoms with Gasteiger partial charge in [0.25, 0.3) is 5.91 Å². The molecule has 96 valence electrons. The number of hydrogen-bond acceptors (Lipinski definition) is 5. The van der Waals surface area contributed by atoms with Crippen molar-refractivity contribution in [3.63, 3.8) is 0 Å². The molecule has 2 amide bonds. The predicted molar refractivity (Wildman–Crippen MR) is 64.6 cm³/mol. The third kappa shape index (κ3) is 1.99. The Bertz CT molecular complexity index is 483. The number of piperazine rings is 1. The zero-order chi connectivity index (χ0) is 13.3. The number of aromatic nitrogens is 2. The second kappa shape index (κ2) is 4.25. The van der Waals surface area contributed by atoms with Crippen molar-refractivity contribution >= 4 is 17.6 Å². The van der Waals surface area contributed by atoms with Gasteiger partial charge in [-0.05, 0) is 13.8 Å². The van der Waals surface area contributed by atoms with Crippen LogP contribution in [-0.2, 0) is 4.79 Å². The van der Waals surface area contributed by atoms with Gasteiger partial charge in [0.05, 0.1) is 12.4 Å². The summed E-state index contributed by atoms with van der Waals surface area (Å²) in [4.78, 5) is 33.3. The lowest BCUT2D eigenvalue weighted by Crippen LogP contribution is -2.63. The molecule has 2 heterocycles. The lowest BCUT2D eigenvalue weighted by atomic mass is 9.98. The Morgan fingerprint density at radius 3 is 2.78 bits per heavy atom. The van der Waals surface area contributed by atoms with Crippen LogP contribution in [0.25, 0.3) is 0 Å². The number of nitrogens with one attached hydrogen (secondary N) is 1. The van der Waals surface area contributed by atoms with Gasteiger partial charge >= 0.3 is 0 Å². The van der Waals surface area contributed by atoms with Crippen LogP contribution in [0.1, 0.15) is 24.3 Å². The molecule has 7 nitrogen and oxygen atoms in total. The van der Waals surface area contributed by atoms with Crippen LogP contribution < -0.4 is 11.1 Å². The van der Waals surface area contributed by atoms with Gasteiger partial charge in [-0.2, -0.15) is 0 Å². The van der Waals surface area contributed by atoms with E-state index in [2.05, 4.69) is 15.3 Å². The molecule has 0 radical (unpaired) electrons. The molecule has 1 aromatic heterocycles. The number of nitrogen functional groups attached to an aromatic ring is 1. The number of nitrogens with two attached hydrogens (primary N) is 1. The van der Waals surface area contributed by atoms with Gasteiger partial charge in [0.15, 0.2) is 0 Å². The lowest BCUT2D eigenvalue weighted by molar-refractivity contribution is -0.133. The topological polar surface area (TPSA) is 101 Å². The molecule has 0 spiro atoms.